The Bertz CT molecular complexity index is 477. The Hall–Kier alpha value is -0.880. The Balaban J connectivity index is 2.17. The zero-order valence-electron chi connectivity index (χ0n) is 11.4. The lowest BCUT2D eigenvalue weighted by Gasteiger charge is -2.38. The molecule has 6 heteroatoms. The quantitative estimate of drug-likeness (QED) is 0.784. The van der Waals surface area contributed by atoms with Crippen LogP contribution < -0.4 is 0 Å². The maximum absolute atomic E-state index is 12.2. The number of ether oxygens (including phenoxy) is 2. The van der Waals surface area contributed by atoms with Gasteiger partial charge in [0.25, 0.3) is 0 Å². The summed E-state index contributed by atoms with van der Waals surface area (Å²) in [5.74, 6) is -0.0940. The van der Waals surface area contributed by atoms with Crippen LogP contribution in [-0.2, 0) is 20.8 Å². The number of hydrogen-bond donors (Lipinski definition) is 0. The normalized spacial score (nSPS) is 22.5. The molecule has 2 heterocycles. The fourth-order valence-electron chi connectivity index (χ4n) is 2.36. The van der Waals surface area contributed by atoms with E-state index < -0.39 is 0 Å². The van der Waals surface area contributed by atoms with E-state index in [2.05, 4.69) is 6.58 Å². The number of amides is 1. The Morgan fingerprint density at radius 3 is 3.10 bits per heavy atom. The first kappa shape index (κ1) is 15.5. The Labute approximate surface area is 127 Å². The van der Waals surface area contributed by atoms with Gasteiger partial charge in [-0.3, -0.25) is 4.79 Å². The van der Waals surface area contributed by atoms with Crippen LogP contribution in [-0.4, -0.2) is 43.3 Å². The Kier molecular flexibility index (Phi) is 5.60. The predicted octanol–water partition coefficient (Wildman–Crippen LogP) is 2.72. The molecule has 4 nitrogen and oxygen atoms in total. The second-order valence-corrected chi connectivity index (χ2v) is 6.38. The number of rotatable bonds is 5. The van der Waals surface area contributed by atoms with Gasteiger partial charge in [-0.25, -0.2) is 0 Å². The number of carbonyl (C=O) groups is 1. The van der Waals surface area contributed by atoms with Crippen LogP contribution in [0.2, 0.25) is 4.34 Å². The van der Waals surface area contributed by atoms with Crippen molar-refractivity contribution in [3.05, 3.63) is 34.0 Å². The molecule has 1 aliphatic heterocycles. The first-order valence-electron chi connectivity index (χ1n) is 6.43. The highest BCUT2D eigenvalue weighted by Gasteiger charge is 2.33. The van der Waals surface area contributed by atoms with Gasteiger partial charge in [-0.1, -0.05) is 18.2 Å². The third-order valence-corrected chi connectivity index (χ3v) is 4.60. The second kappa shape index (κ2) is 7.22. The van der Waals surface area contributed by atoms with Gasteiger partial charge in [0.15, 0.2) is 0 Å². The minimum Gasteiger partial charge on any atom is -0.379 e. The summed E-state index contributed by atoms with van der Waals surface area (Å²) in [6.07, 6.45) is 2.00. The fraction of sp³-hybridized carbons (Fsp3) is 0.500. The molecule has 2 atom stereocenters. The topological polar surface area (TPSA) is 38.8 Å². The Morgan fingerprint density at radius 1 is 1.70 bits per heavy atom. The van der Waals surface area contributed by atoms with Crippen LogP contribution >= 0.6 is 22.9 Å². The van der Waals surface area contributed by atoms with Crippen LogP contribution in [0.5, 0.6) is 0 Å². The molecule has 20 heavy (non-hydrogen) atoms. The molecule has 0 aromatic carbocycles. The summed E-state index contributed by atoms with van der Waals surface area (Å²) < 4.78 is 11.6. The third-order valence-electron chi connectivity index (χ3n) is 3.39. The molecule has 110 valence electrons. The second-order valence-electron chi connectivity index (χ2n) is 4.58. The average molecular weight is 316 g/mol. The largest absolute Gasteiger partial charge is 0.379 e. The number of thiophene rings is 1. The summed E-state index contributed by atoms with van der Waals surface area (Å²) in [5.41, 5.74) is 0. The summed E-state index contributed by atoms with van der Waals surface area (Å²) >= 11 is 7.43. The Morgan fingerprint density at radius 2 is 2.50 bits per heavy atom. The molecule has 1 fully saturated rings. The first-order valence-corrected chi connectivity index (χ1v) is 7.63. The molecule has 0 unspecified atom stereocenters. The molecule has 0 aliphatic carbocycles. The first-order chi connectivity index (χ1) is 9.65. The molecule has 0 radical (unpaired) electrons. The molecule has 1 aliphatic rings. The van der Waals surface area contributed by atoms with E-state index in [4.69, 9.17) is 21.1 Å². The molecule has 0 spiro atoms. The van der Waals surface area contributed by atoms with Gasteiger partial charge in [0.2, 0.25) is 5.91 Å². The summed E-state index contributed by atoms with van der Waals surface area (Å²) in [4.78, 5) is 15.0. The predicted molar refractivity (Wildman–Crippen MR) is 80.1 cm³/mol. The van der Waals surface area contributed by atoms with Crippen molar-refractivity contribution in [2.75, 3.05) is 20.3 Å². The van der Waals surface area contributed by atoms with Crippen LogP contribution in [0, 0.1) is 0 Å². The molecule has 1 saturated heterocycles. The standard InChI is InChI=1S/C14H18ClNO3S/c1-3-14(17)16(8-10-4-5-13(15)20-10)11-6-7-19-9-12(11)18-2/h3-5,11-12H,1,6-9H2,2H3/t11-,12-/m1/s1. The molecule has 1 amide bonds. The van der Waals surface area contributed by atoms with Crippen molar-refractivity contribution in [1.29, 1.82) is 0 Å². The number of halogens is 1. The minimum absolute atomic E-state index is 0.000116. The van der Waals surface area contributed by atoms with Gasteiger partial charge in [-0.15, -0.1) is 11.3 Å². The van der Waals surface area contributed by atoms with Gasteiger partial charge in [-0.2, -0.15) is 0 Å². The van der Waals surface area contributed by atoms with Crippen molar-refractivity contribution in [3.8, 4) is 0 Å². The maximum Gasteiger partial charge on any atom is 0.246 e. The molecule has 0 saturated carbocycles. The van der Waals surface area contributed by atoms with Crippen LogP contribution in [0.4, 0.5) is 0 Å². The van der Waals surface area contributed by atoms with Gasteiger partial charge in [0.05, 0.1) is 23.5 Å². The average Bonchev–Trinajstić information content (AvgIpc) is 2.89. The zero-order chi connectivity index (χ0) is 14.5. The fourth-order valence-corrected chi connectivity index (χ4v) is 3.45. The van der Waals surface area contributed by atoms with Gasteiger partial charge < -0.3 is 14.4 Å². The molecule has 2 rings (SSSR count). The molecule has 1 aromatic heterocycles. The lowest BCUT2D eigenvalue weighted by molar-refractivity contribution is -0.139. The van der Waals surface area contributed by atoms with Crippen molar-refractivity contribution in [2.24, 2.45) is 0 Å². The maximum atomic E-state index is 12.2. The number of nitrogens with zero attached hydrogens (tertiary/aromatic N) is 1. The highest BCUT2D eigenvalue weighted by molar-refractivity contribution is 7.16. The van der Waals surface area contributed by atoms with E-state index in [1.807, 2.05) is 12.1 Å². The van der Waals surface area contributed by atoms with E-state index in [-0.39, 0.29) is 18.1 Å². The smallest absolute Gasteiger partial charge is 0.246 e. The minimum atomic E-state index is -0.108. The molecular formula is C14H18ClNO3S. The highest BCUT2D eigenvalue weighted by Crippen LogP contribution is 2.26. The SMILES string of the molecule is C=CC(=O)N(Cc1ccc(Cl)s1)[C@@H]1CCOC[C@H]1OC. The number of carbonyl (C=O) groups excluding carboxylic acids is 1. The monoisotopic (exact) mass is 315 g/mol. The van der Waals surface area contributed by atoms with E-state index in [1.165, 1.54) is 17.4 Å². The van der Waals surface area contributed by atoms with Crippen LogP contribution in [0.15, 0.2) is 24.8 Å². The van der Waals surface area contributed by atoms with Gasteiger partial charge in [0.1, 0.15) is 6.10 Å². The lowest BCUT2D eigenvalue weighted by Crippen LogP contribution is -2.51. The van der Waals surface area contributed by atoms with Gasteiger partial charge in [-0.05, 0) is 24.6 Å². The van der Waals surface area contributed by atoms with Crippen molar-refractivity contribution >= 4 is 28.8 Å². The number of hydrogen-bond acceptors (Lipinski definition) is 4. The number of methoxy groups -OCH3 is 1. The van der Waals surface area contributed by atoms with Crippen LogP contribution in [0.3, 0.4) is 0 Å². The molecule has 0 N–H and O–H groups in total. The van der Waals surface area contributed by atoms with Crippen molar-refractivity contribution < 1.29 is 14.3 Å². The van der Waals surface area contributed by atoms with Gasteiger partial charge >= 0.3 is 0 Å². The van der Waals surface area contributed by atoms with E-state index in [9.17, 15) is 4.79 Å². The van der Waals surface area contributed by atoms with Crippen LogP contribution in [0.25, 0.3) is 0 Å². The molecule has 0 bridgehead atoms. The van der Waals surface area contributed by atoms with Crippen LogP contribution in [0.1, 0.15) is 11.3 Å². The van der Waals surface area contributed by atoms with Crippen molar-refractivity contribution in [1.82, 2.24) is 4.90 Å². The van der Waals surface area contributed by atoms with Crippen molar-refractivity contribution in [3.63, 3.8) is 0 Å². The summed E-state index contributed by atoms with van der Waals surface area (Å²) in [7, 11) is 1.64. The molecular weight excluding hydrogens is 298 g/mol. The lowest BCUT2D eigenvalue weighted by atomic mass is 10.0. The van der Waals surface area contributed by atoms with E-state index in [0.717, 1.165) is 15.6 Å². The van der Waals surface area contributed by atoms with Crippen molar-refractivity contribution in [2.45, 2.75) is 25.1 Å². The summed E-state index contributed by atoms with van der Waals surface area (Å²) in [6, 6.07) is 3.79. The van der Waals surface area contributed by atoms with E-state index in [0.29, 0.717) is 19.8 Å². The highest BCUT2D eigenvalue weighted by atomic mass is 35.5. The summed E-state index contributed by atoms with van der Waals surface area (Å²) in [5, 5.41) is 0. The van der Waals surface area contributed by atoms with E-state index in [1.54, 1.807) is 12.0 Å². The zero-order valence-corrected chi connectivity index (χ0v) is 13.0. The third kappa shape index (κ3) is 3.61. The van der Waals surface area contributed by atoms with E-state index >= 15 is 0 Å². The van der Waals surface area contributed by atoms with Gasteiger partial charge in [0, 0.05) is 18.6 Å². The molecule has 1 aromatic rings. The summed E-state index contributed by atoms with van der Waals surface area (Å²) in [6.45, 7) is 5.25.